The third-order valence-electron chi connectivity index (χ3n) is 4.94. The van der Waals surface area contributed by atoms with Crippen LogP contribution in [0.3, 0.4) is 0 Å². The minimum absolute atomic E-state index is 0.00457. The number of hydrogen-bond acceptors (Lipinski definition) is 3. The number of fused-ring (bicyclic) bond motifs is 1. The van der Waals surface area contributed by atoms with Crippen LogP contribution in [0.5, 0.6) is 0 Å². The molecule has 6 nitrogen and oxygen atoms in total. The molecule has 0 saturated heterocycles. The van der Waals surface area contributed by atoms with E-state index in [0.29, 0.717) is 6.54 Å². The Bertz CT molecular complexity index is 893. The molecule has 4 rings (SSSR count). The fourth-order valence-electron chi connectivity index (χ4n) is 3.48. The second-order valence-electron chi connectivity index (χ2n) is 6.61. The van der Waals surface area contributed by atoms with E-state index in [4.69, 9.17) is 0 Å². The van der Waals surface area contributed by atoms with Gasteiger partial charge in [0.15, 0.2) is 0 Å². The third-order valence-corrected chi connectivity index (χ3v) is 4.94. The Hall–Kier alpha value is -2.86. The van der Waals surface area contributed by atoms with Gasteiger partial charge in [-0.25, -0.2) is 4.68 Å². The van der Waals surface area contributed by atoms with Crippen molar-refractivity contribution in [3.63, 3.8) is 0 Å². The number of hydrogen-bond donors (Lipinski definition) is 2. The van der Waals surface area contributed by atoms with Gasteiger partial charge in [0.05, 0.1) is 5.69 Å². The highest BCUT2D eigenvalue weighted by Crippen LogP contribution is 2.18. The number of amides is 1. The molecule has 26 heavy (non-hydrogen) atoms. The fourth-order valence-corrected chi connectivity index (χ4v) is 3.48. The summed E-state index contributed by atoms with van der Waals surface area (Å²) < 4.78 is 3.86. The zero-order valence-corrected chi connectivity index (χ0v) is 14.9. The molecule has 3 heterocycles. The van der Waals surface area contributed by atoms with Crippen LogP contribution in [0.4, 0.5) is 0 Å². The van der Waals surface area contributed by atoms with Crippen molar-refractivity contribution in [3.8, 4) is 5.69 Å². The molecule has 0 unspecified atom stereocenters. The van der Waals surface area contributed by atoms with Gasteiger partial charge in [-0.2, -0.15) is 5.10 Å². The van der Waals surface area contributed by atoms with Gasteiger partial charge < -0.3 is 15.2 Å². The van der Waals surface area contributed by atoms with Gasteiger partial charge in [-0.3, -0.25) is 4.79 Å². The first-order valence-corrected chi connectivity index (χ1v) is 8.98. The Morgan fingerprint density at radius 2 is 2.15 bits per heavy atom. The lowest BCUT2D eigenvalue weighted by Gasteiger charge is -2.14. The van der Waals surface area contributed by atoms with Crippen molar-refractivity contribution in [2.24, 2.45) is 7.05 Å². The van der Waals surface area contributed by atoms with Crippen LogP contribution in [-0.4, -0.2) is 33.3 Å². The molecule has 1 amide bonds. The maximum absolute atomic E-state index is 12.5. The molecular weight excluding hydrogens is 326 g/mol. The predicted molar refractivity (Wildman–Crippen MR) is 100 cm³/mol. The van der Waals surface area contributed by atoms with Crippen molar-refractivity contribution in [1.29, 1.82) is 0 Å². The predicted octanol–water partition coefficient (Wildman–Crippen LogP) is 1.83. The summed E-state index contributed by atoms with van der Waals surface area (Å²) in [4.78, 5) is 12.5. The Balaban J connectivity index is 1.34. The number of rotatable bonds is 5. The molecule has 0 aliphatic carbocycles. The molecule has 0 fully saturated rings. The van der Waals surface area contributed by atoms with Crippen molar-refractivity contribution in [3.05, 3.63) is 71.3 Å². The van der Waals surface area contributed by atoms with E-state index in [0.717, 1.165) is 37.3 Å². The number of carbonyl (C=O) groups excluding carboxylic acids is 1. The van der Waals surface area contributed by atoms with E-state index in [2.05, 4.69) is 27.9 Å². The first kappa shape index (κ1) is 16.6. The second-order valence-corrected chi connectivity index (χ2v) is 6.61. The van der Waals surface area contributed by atoms with Gasteiger partial charge in [0, 0.05) is 51.2 Å². The number of carbonyl (C=O) groups is 1. The molecule has 0 radical (unpaired) electrons. The number of benzene rings is 1. The summed E-state index contributed by atoms with van der Waals surface area (Å²) in [5.41, 5.74) is 5.47. The Morgan fingerprint density at radius 3 is 2.88 bits per heavy atom. The quantitative estimate of drug-likeness (QED) is 0.739. The van der Waals surface area contributed by atoms with E-state index < -0.39 is 0 Å². The maximum Gasteiger partial charge on any atom is 0.267 e. The van der Waals surface area contributed by atoms with Crippen molar-refractivity contribution >= 4 is 5.91 Å². The summed E-state index contributed by atoms with van der Waals surface area (Å²) >= 11 is 0. The van der Waals surface area contributed by atoms with Gasteiger partial charge >= 0.3 is 0 Å². The van der Waals surface area contributed by atoms with E-state index in [1.807, 2.05) is 46.8 Å². The van der Waals surface area contributed by atoms with Crippen LogP contribution in [0.25, 0.3) is 5.69 Å². The average molecular weight is 349 g/mol. The summed E-state index contributed by atoms with van der Waals surface area (Å²) in [5, 5.41) is 10.6. The van der Waals surface area contributed by atoms with Gasteiger partial charge in [-0.05, 0) is 41.8 Å². The Kier molecular flexibility index (Phi) is 4.58. The molecule has 0 spiro atoms. The summed E-state index contributed by atoms with van der Waals surface area (Å²) in [7, 11) is 1.98. The fraction of sp³-hybridized carbons (Fsp3) is 0.300. The molecule has 2 aromatic heterocycles. The highest BCUT2D eigenvalue weighted by Gasteiger charge is 2.19. The molecule has 6 heteroatoms. The second kappa shape index (κ2) is 7.17. The number of nitrogens with zero attached hydrogens (tertiary/aromatic N) is 3. The lowest BCUT2D eigenvalue weighted by Crippen LogP contribution is -2.28. The third kappa shape index (κ3) is 3.28. The highest BCUT2D eigenvalue weighted by atomic mass is 16.1. The van der Waals surface area contributed by atoms with E-state index in [9.17, 15) is 4.79 Å². The van der Waals surface area contributed by atoms with Gasteiger partial charge in [0.1, 0.15) is 5.69 Å². The van der Waals surface area contributed by atoms with Gasteiger partial charge in [-0.1, -0.05) is 12.1 Å². The van der Waals surface area contributed by atoms with E-state index in [-0.39, 0.29) is 5.91 Å². The van der Waals surface area contributed by atoms with E-state index in [1.165, 1.54) is 16.8 Å². The number of aromatic nitrogens is 3. The lowest BCUT2D eigenvalue weighted by molar-refractivity contribution is 0.0945. The largest absolute Gasteiger partial charge is 0.350 e. The molecule has 1 aliphatic rings. The Labute approximate surface area is 152 Å². The van der Waals surface area contributed by atoms with Crippen LogP contribution in [0.1, 0.15) is 27.3 Å². The smallest absolute Gasteiger partial charge is 0.267 e. The molecule has 0 bridgehead atoms. The number of nitrogens with one attached hydrogen (secondary N) is 2. The summed E-state index contributed by atoms with van der Waals surface area (Å²) in [5.74, 6) is -0.00457. The summed E-state index contributed by atoms with van der Waals surface area (Å²) in [6.07, 6.45) is 5.46. The van der Waals surface area contributed by atoms with Crippen molar-refractivity contribution in [2.75, 3.05) is 13.1 Å². The van der Waals surface area contributed by atoms with Crippen molar-refractivity contribution < 1.29 is 4.79 Å². The van der Waals surface area contributed by atoms with Crippen LogP contribution in [0, 0.1) is 0 Å². The van der Waals surface area contributed by atoms with Crippen LogP contribution < -0.4 is 10.6 Å². The monoisotopic (exact) mass is 349 g/mol. The maximum atomic E-state index is 12.5. The van der Waals surface area contributed by atoms with Crippen LogP contribution in [-0.2, 0) is 26.4 Å². The van der Waals surface area contributed by atoms with Gasteiger partial charge in [-0.15, -0.1) is 0 Å². The highest BCUT2D eigenvalue weighted by molar-refractivity contribution is 5.93. The Morgan fingerprint density at radius 1 is 1.31 bits per heavy atom. The molecule has 0 saturated carbocycles. The first-order chi connectivity index (χ1) is 12.7. The molecule has 0 atom stereocenters. The van der Waals surface area contributed by atoms with Crippen molar-refractivity contribution in [1.82, 2.24) is 25.0 Å². The molecule has 134 valence electrons. The summed E-state index contributed by atoms with van der Waals surface area (Å²) in [6, 6.07) is 12.2. The van der Waals surface area contributed by atoms with Crippen LogP contribution >= 0.6 is 0 Å². The average Bonchev–Trinajstić information content (AvgIpc) is 3.31. The lowest BCUT2D eigenvalue weighted by atomic mass is 10.1. The summed E-state index contributed by atoms with van der Waals surface area (Å²) in [6.45, 7) is 2.44. The zero-order valence-electron chi connectivity index (χ0n) is 14.9. The molecule has 2 N–H and O–H groups in total. The minimum Gasteiger partial charge on any atom is -0.350 e. The van der Waals surface area contributed by atoms with Gasteiger partial charge in [0.2, 0.25) is 0 Å². The molecule has 3 aromatic rings. The van der Waals surface area contributed by atoms with Gasteiger partial charge in [0.25, 0.3) is 5.91 Å². The SMILES string of the molecule is Cn1c(C(=O)NCCc2ccc(-n3cccn3)cc2)cc2c1CCNC2. The minimum atomic E-state index is -0.00457. The molecule has 1 aromatic carbocycles. The van der Waals surface area contributed by atoms with Crippen LogP contribution in [0.2, 0.25) is 0 Å². The topological polar surface area (TPSA) is 63.9 Å². The standard InChI is InChI=1S/C20H23N5O/c1-24-18-8-10-21-14-16(18)13-19(24)20(26)22-11-7-15-3-5-17(6-4-15)25-12-2-9-23-25/h2-6,9,12-13,21H,7-8,10-11,14H2,1H3,(H,22,26). The van der Waals surface area contributed by atoms with Crippen LogP contribution in [0.15, 0.2) is 48.8 Å². The zero-order chi connectivity index (χ0) is 17.9. The van der Waals surface area contributed by atoms with Crippen molar-refractivity contribution in [2.45, 2.75) is 19.4 Å². The van der Waals surface area contributed by atoms with E-state index in [1.54, 1.807) is 6.20 Å². The first-order valence-electron chi connectivity index (χ1n) is 8.98. The van der Waals surface area contributed by atoms with E-state index >= 15 is 0 Å². The molecule has 1 aliphatic heterocycles. The molecular formula is C20H23N5O. The normalized spacial score (nSPS) is 13.4.